The number of hydrogen-bond donors (Lipinski definition) is 1. The van der Waals surface area contributed by atoms with E-state index in [0.29, 0.717) is 16.3 Å². The van der Waals surface area contributed by atoms with Crippen molar-refractivity contribution in [1.29, 1.82) is 0 Å². The first-order chi connectivity index (χ1) is 13.1. The Balaban J connectivity index is 1.55. The molecule has 0 atom stereocenters. The number of aromatic nitrogens is 3. The molecule has 3 heterocycles. The van der Waals surface area contributed by atoms with Gasteiger partial charge in [0.1, 0.15) is 16.7 Å². The Morgan fingerprint density at radius 2 is 2.11 bits per heavy atom. The molecule has 0 saturated heterocycles. The minimum atomic E-state index is -0.337. The third-order valence-electron chi connectivity index (χ3n) is 4.27. The van der Waals surface area contributed by atoms with E-state index in [0.717, 1.165) is 23.3 Å². The standard InChI is InChI=1S/C19H17FN4OS2/c1-3-17-22-23-19(15-9-16-14(24(15)17)6-7-26-16)27-10-18(25)21-12-5-4-11(2)13(20)8-12/h4-9H,3,10H2,1-2H3,(H,21,25). The molecule has 1 amide bonds. The van der Waals surface area contributed by atoms with Gasteiger partial charge in [-0.2, -0.15) is 0 Å². The number of nitrogens with one attached hydrogen (secondary N) is 1. The van der Waals surface area contributed by atoms with E-state index in [2.05, 4.69) is 37.4 Å². The second-order valence-corrected chi connectivity index (χ2v) is 8.02. The Hall–Kier alpha value is -2.45. The molecule has 5 nitrogen and oxygen atoms in total. The summed E-state index contributed by atoms with van der Waals surface area (Å²) in [6.07, 6.45) is 0.771. The van der Waals surface area contributed by atoms with Crippen molar-refractivity contribution in [3.63, 3.8) is 0 Å². The SMILES string of the molecule is CCc1nnc(SCC(=O)Nc2ccc(C)c(F)c2)c2cc3sccc3n12. The van der Waals surface area contributed by atoms with Crippen molar-refractivity contribution in [3.8, 4) is 0 Å². The first kappa shape index (κ1) is 17.9. The van der Waals surface area contributed by atoms with Crippen LogP contribution in [-0.2, 0) is 11.2 Å². The van der Waals surface area contributed by atoms with E-state index in [4.69, 9.17) is 0 Å². The molecular weight excluding hydrogens is 383 g/mol. The van der Waals surface area contributed by atoms with Crippen molar-refractivity contribution < 1.29 is 9.18 Å². The van der Waals surface area contributed by atoms with Crippen molar-refractivity contribution in [3.05, 3.63) is 52.9 Å². The molecule has 4 aromatic rings. The number of anilines is 1. The maximum atomic E-state index is 13.6. The predicted octanol–water partition coefficient (Wildman–Crippen LogP) is 4.68. The van der Waals surface area contributed by atoms with Crippen LogP contribution in [0.1, 0.15) is 18.3 Å². The van der Waals surface area contributed by atoms with Gasteiger partial charge in [0.05, 0.1) is 21.5 Å². The molecule has 1 N–H and O–H groups in total. The van der Waals surface area contributed by atoms with Gasteiger partial charge in [0, 0.05) is 12.1 Å². The van der Waals surface area contributed by atoms with Gasteiger partial charge in [-0.05, 0) is 42.1 Å². The highest BCUT2D eigenvalue weighted by Gasteiger charge is 2.15. The number of halogens is 1. The van der Waals surface area contributed by atoms with Gasteiger partial charge in [-0.1, -0.05) is 24.8 Å². The number of benzene rings is 1. The second-order valence-electron chi connectivity index (χ2n) is 6.11. The van der Waals surface area contributed by atoms with Crippen molar-refractivity contribution in [2.45, 2.75) is 25.3 Å². The number of aryl methyl sites for hydroxylation is 2. The maximum absolute atomic E-state index is 13.6. The largest absolute Gasteiger partial charge is 0.325 e. The van der Waals surface area contributed by atoms with Crippen LogP contribution >= 0.6 is 23.1 Å². The summed E-state index contributed by atoms with van der Waals surface area (Å²) in [7, 11) is 0. The molecule has 0 aliphatic carbocycles. The van der Waals surface area contributed by atoms with Crippen LogP contribution in [-0.4, -0.2) is 26.3 Å². The third-order valence-corrected chi connectivity index (χ3v) is 6.09. The monoisotopic (exact) mass is 400 g/mol. The Kier molecular flexibility index (Phi) is 4.84. The molecule has 0 fully saturated rings. The summed E-state index contributed by atoms with van der Waals surface area (Å²) in [6.45, 7) is 3.73. The maximum Gasteiger partial charge on any atom is 0.234 e. The summed E-state index contributed by atoms with van der Waals surface area (Å²) >= 11 is 3.00. The van der Waals surface area contributed by atoms with E-state index < -0.39 is 0 Å². The zero-order chi connectivity index (χ0) is 19.0. The average molecular weight is 401 g/mol. The van der Waals surface area contributed by atoms with Crippen LogP contribution in [0.15, 0.2) is 40.7 Å². The van der Waals surface area contributed by atoms with E-state index in [1.807, 2.05) is 6.92 Å². The molecule has 4 rings (SSSR count). The lowest BCUT2D eigenvalue weighted by molar-refractivity contribution is -0.113. The lowest BCUT2D eigenvalue weighted by Gasteiger charge is -2.08. The number of hydrogen-bond acceptors (Lipinski definition) is 5. The molecule has 0 saturated carbocycles. The quantitative estimate of drug-likeness (QED) is 0.494. The molecule has 8 heteroatoms. The van der Waals surface area contributed by atoms with E-state index in [-0.39, 0.29) is 17.5 Å². The first-order valence-electron chi connectivity index (χ1n) is 8.50. The first-order valence-corrected chi connectivity index (χ1v) is 10.4. The number of rotatable bonds is 5. The predicted molar refractivity (Wildman–Crippen MR) is 108 cm³/mol. The molecule has 1 aromatic carbocycles. The van der Waals surface area contributed by atoms with Crippen LogP contribution in [0, 0.1) is 12.7 Å². The molecule has 0 unspecified atom stereocenters. The average Bonchev–Trinajstić information content (AvgIpc) is 3.24. The highest BCUT2D eigenvalue weighted by Crippen LogP contribution is 2.31. The van der Waals surface area contributed by atoms with Gasteiger partial charge in [-0.3, -0.25) is 9.20 Å². The highest BCUT2D eigenvalue weighted by molar-refractivity contribution is 8.00. The van der Waals surface area contributed by atoms with Crippen LogP contribution in [0.2, 0.25) is 0 Å². The molecule has 0 bridgehead atoms. The summed E-state index contributed by atoms with van der Waals surface area (Å²) in [4.78, 5) is 12.3. The number of thiophene rings is 1. The fourth-order valence-electron chi connectivity index (χ4n) is 2.89. The number of carbonyl (C=O) groups excluding carboxylic acids is 1. The van der Waals surface area contributed by atoms with E-state index in [9.17, 15) is 9.18 Å². The van der Waals surface area contributed by atoms with Gasteiger partial charge >= 0.3 is 0 Å². The minimum Gasteiger partial charge on any atom is -0.325 e. The van der Waals surface area contributed by atoms with Crippen LogP contribution < -0.4 is 5.32 Å². The third kappa shape index (κ3) is 3.42. The number of nitrogens with zero attached hydrogens (tertiary/aromatic N) is 3. The Morgan fingerprint density at radius 1 is 1.26 bits per heavy atom. The van der Waals surface area contributed by atoms with Crippen molar-refractivity contribution in [2.75, 3.05) is 11.1 Å². The topological polar surface area (TPSA) is 59.3 Å². The van der Waals surface area contributed by atoms with Crippen molar-refractivity contribution in [1.82, 2.24) is 14.6 Å². The van der Waals surface area contributed by atoms with E-state index in [1.54, 1.807) is 30.4 Å². The van der Waals surface area contributed by atoms with Gasteiger partial charge in [-0.15, -0.1) is 21.5 Å². The zero-order valence-electron chi connectivity index (χ0n) is 14.8. The number of thioether (sulfide) groups is 1. The summed E-state index contributed by atoms with van der Waals surface area (Å²) in [6, 6.07) is 8.82. The number of carbonyl (C=O) groups is 1. The van der Waals surface area contributed by atoms with Crippen LogP contribution in [0.25, 0.3) is 15.7 Å². The second kappa shape index (κ2) is 7.28. The van der Waals surface area contributed by atoms with Gasteiger partial charge < -0.3 is 5.32 Å². The number of fused-ring (bicyclic) bond motifs is 3. The molecule has 0 spiro atoms. The van der Waals surface area contributed by atoms with Crippen LogP contribution in [0.4, 0.5) is 10.1 Å². The molecule has 0 radical (unpaired) electrons. The summed E-state index contributed by atoms with van der Waals surface area (Å²) < 4.78 is 16.9. The Morgan fingerprint density at radius 3 is 2.89 bits per heavy atom. The molecule has 0 aliphatic rings. The fraction of sp³-hybridized carbons (Fsp3) is 0.211. The van der Waals surface area contributed by atoms with Crippen molar-refractivity contribution in [2.24, 2.45) is 0 Å². The van der Waals surface area contributed by atoms with Crippen molar-refractivity contribution >= 4 is 50.4 Å². The molecule has 0 aliphatic heterocycles. The summed E-state index contributed by atoms with van der Waals surface area (Å²) in [5.74, 6) is 0.513. The normalized spacial score (nSPS) is 11.4. The molecule has 138 valence electrons. The summed E-state index contributed by atoms with van der Waals surface area (Å²) in [5.41, 5.74) is 3.07. The Bertz CT molecular complexity index is 1150. The molecule has 27 heavy (non-hydrogen) atoms. The Labute approximate surface area is 163 Å². The van der Waals surface area contributed by atoms with Gasteiger partial charge in [0.25, 0.3) is 0 Å². The molecule has 3 aromatic heterocycles. The highest BCUT2D eigenvalue weighted by atomic mass is 32.2. The lowest BCUT2D eigenvalue weighted by atomic mass is 10.2. The van der Waals surface area contributed by atoms with E-state index in [1.165, 1.54) is 22.5 Å². The number of amides is 1. The summed E-state index contributed by atoms with van der Waals surface area (Å²) in [5, 5.41) is 14.1. The molecular formula is C19H17FN4OS2. The fourth-order valence-corrected chi connectivity index (χ4v) is 4.43. The van der Waals surface area contributed by atoms with E-state index >= 15 is 0 Å². The van der Waals surface area contributed by atoms with Crippen LogP contribution in [0.5, 0.6) is 0 Å². The zero-order valence-corrected chi connectivity index (χ0v) is 16.5. The lowest BCUT2D eigenvalue weighted by Crippen LogP contribution is -2.14. The smallest absolute Gasteiger partial charge is 0.234 e. The minimum absolute atomic E-state index is 0.171. The van der Waals surface area contributed by atoms with Crippen LogP contribution in [0.3, 0.4) is 0 Å². The van der Waals surface area contributed by atoms with Gasteiger partial charge in [-0.25, -0.2) is 4.39 Å². The van der Waals surface area contributed by atoms with Gasteiger partial charge in [0.2, 0.25) is 5.91 Å². The van der Waals surface area contributed by atoms with Gasteiger partial charge in [0.15, 0.2) is 0 Å².